The smallest absolute Gasteiger partial charge is 0.292 e. The van der Waals surface area contributed by atoms with Crippen LogP contribution in [0.25, 0.3) is 11.5 Å². The Morgan fingerprint density at radius 2 is 2.23 bits per heavy atom. The maximum Gasteiger partial charge on any atom is 0.292 e. The quantitative estimate of drug-likeness (QED) is 0.715. The average molecular weight is 175 g/mol. The van der Waals surface area contributed by atoms with Crippen molar-refractivity contribution in [2.75, 3.05) is 5.73 Å². The van der Waals surface area contributed by atoms with Crippen LogP contribution in [0.2, 0.25) is 0 Å². The third kappa shape index (κ3) is 1.38. The van der Waals surface area contributed by atoms with Gasteiger partial charge in [0.1, 0.15) is 5.69 Å². The van der Waals surface area contributed by atoms with Crippen molar-refractivity contribution < 1.29 is 4.42 Å². The van der Waals surface area contributed by atoms with Crippen LogP contribution in [0.15, 0.2) is 28.9 Å². The molecule has 2 rings (SSSR count). The Bertz CT molecular complexity index is 422. The van der Waals surface area contributed by atoms with Crippen molar-refractivity contribution in [1.29, 1.82) is 0 Å². The van der Waals surface area contributed by atoms with Gasteiger partial charge in [-0.25, -0.2) is 4.98 Å². The van der Waals surface area contributed by atoms with E-state index in [4.69, 9.17) is 10.2 Å². The zero-order valence-electron chi connectivity index (χ0n) is 7.19. The molecule has 0 fully saturated rings. The number of anilines is 1. The second-order valence-electron chi connectivity index (χ2n) is 2.73. The molecule has 0 aliphatic rings. The molecule has 0 aliphatic heterocycles. The van der Waals surface area contributed by atoms with Crippen molar-refractivity contribution in [1.82, 2.24) is 9.97 Å². The zero-order valence-corrected chi connectivity index (χ0v) is 7.19. The summed E-state index contributed by atoms with van der Waals surface area (Å²) in [7, 11) is 0. The maximum absolute atomic E-state index is 5.36. The van der Waals surface area contributed by atoms with E-state index in [0.717, 1.165) is 11.3 Å². The van der Waals surface area contributed by atoms with Gasteiger partial charge in [-0.2, -0.15) is 0 Å². The van der Waals surface area contributed by atoms with Crippen LogP contribution in [0.1, 0.15) is 5.56 Å². The third-order valence-corrected chi connectivity index (χ3v) is 1.77. The summed E-state index contributed by atoms with van der Waals surface area (Å²) in [6.45, 7) is 1.96. The Hall–Kier alpha value is -1.84. The predicted octanol–water partition coefficient (Wildman–Crippen LogP) is 1.63. The lowest BCUT2D eigenvalue weighted by molar-refractivity contribution is 0.592. The van der Waals surface area contributed by atoms with E-state index < -0.39 is 0 Å². The number of nitrogens with two attached hydrogens (primary N) is 1. The molecule has 2 N–H and O–H groups in total. The van der Waals surface area contributed by atoms with Gasteiger partial charge in [0.15, 0.2) is 5.76 Å². The van der Waals surface area contributed by atoms with Crippen LogP contribution in [0.3, 0.4) is 0 Å². The van der Waals surface area contributed by atoms with Gasteiger partial charge in [-0.3, -0.25) is 4.98 Å². The molecule has 4 heteroatoms. The van der Waals surface area contributed by atoms with Crippen molar-refractivity contribution in [3.63, 3.8) is 0 Å². The Morgan fingerprint density at radius 3 is 2.85 bits per heavy atom. The summed E-state index contributed by atoms with van der Waals surface area (Å²) in [6, 6.07) is 4.00. The van der Waals surface area contributed by atoms with Crippen LogP contribution in [0, 0.1) is 6.92 Å². The highest BCUT2D eigenvalue weighted by Gasteiger charge is 2.07. The number of rotatable bonds is 1. The standard InChI is InChI=1S/C9H9N3O/c1-6-3-2-4-11-8(6)7-5-12-9(10)13-7/h2-5H,1H3,(H2,10,12). The molecule has 0 aliphatic carbocycles. The van der Waals surface area contributed by atoms with Gasteiger partial charge in [-0.15, -0.1) is 0 Å². The second-order valence-corrected chi connectivity index (χ2v) is 2.73. The van der Waals surface area contributed by atoms with Crippen LogP contribution in [-0.2, 0) is 0 Å². The van der Waals surface area contributed by atoms with Crippen LogP contribution in [-0.4, -0.2) is 9.97 Å². The highest BCUT2D eigenvalue weighted by molar-refractivity contribution is 5.56. The first-order valence-electron chi connectivity index (χ1n) is 3.90. The van der Waals surface area contributed by atoms with Crippen LogP contribution in [0.5, 0.6) is 0 Å². The molecule has 0 bridgehead atoms. The van der Waals surface area contributed by atoms with Gasteiger partial charge < -0.3 is 10.2 Å². The minimum atomic E-state index is 0.167. The number of hydrogen-bond donors (Lipinski definition) is 1. The Balaban J connectivity index is 2.52. The molecule has 0 aromatic carbocycles. The largest absolute Gasteiger partial charge is 0.422 e. The summed E-state index contributed by atoms with van der Waals surface area (Å²) in [5.41, 5.74) is 7.18. The number of nitrogen functional groups attached to an aromatic ring is 1. The van der Waals surface area contributed by atoms with E-state index in [2.05, 4.69) is 9.97 Å². The molecule has 66 valence electrons. The van der Waals surface area contributed by atoms with E-state index >= 15 is 0 Å². The first-order valence-corrected chi connectivity index (χ1v) is 3.90. The molecular weight excluding hydrogens is 166 g/mol. The lowest BCUT2D eigenvalue weighted by Crippen LogP contribution is -1.84. The molecule has 2 aromatic rings. The Morgan fingerprint density at radius 1 is 1.38 bits per heavy atom. The summed E-state index contributed by atoms with van der Waals surface area (Å²) >= 11 is 0. The SMILES string of the molecule is Cc1cccnc1-c1cnc(N)o1. The van der Waals surface area contributed by atoms with Crippen molar-refractivity contribution >= 4 is 6.01 Å². The molecule has 4 nitrogen and oxygen atoms in total. The third-order valence-electron chi connectivity index (χ3n) is 1.77. The van der Waals surface area contributed by atoms with Crippen molar-refractivity contribution in [3.05, 3.63) is 30.1 Å². The van der Waals surface area contributed by atoms with E-state index in [1.54, 1.807) is 12.4 Å². The Labute approximate surface area is 75.4 Å². The fourth-order valence-electron chi connectivity index (χ4n) is 1.14. The van der Waals surface area contributed by atoms with Gasteiger partial charge in [0.05, 0.1) is 6.20 Å². The normalized spacial score (nSPS) is 10.2. The first kappa shape index (κ1) is 7.79. The fraction of sp³-hybridized carbons (Fsp3) is 0.111. The number of aromatic nitrogens is 2. The molecule has 0 atom stereocenters. The Kier molecular flexibility index (Phi) is 1.73. The van der Waals surface area contributed by atoms with Gasteiger partial charge >= 0.3 is 0 Å². The van der Waals surface area contributed by atoms with Gasteiger partial charge in [0.2, 0.25) is 0 Å². The number of nitrogens with zero attached hydrogens (tertiary/aromatic N) is 2. The number of aryl methyl sites for hydroxylation is 1. The van der Waals surface area contributed by atoms with E-state index in [0.29, 0.717) is 5.76 Å². The molecule has 0 saturated carbocycles. The molecular formula is C9H9N3O. The highest BCUT2D eigenvalue weighted by atomic mass is 16.4. The molecule has 0 spiro atoms. The lowest BCUT2D eigenvalue weighted by atomic mass is 10.2. The van der Waals surface area contributed by atoms with E-state index in [9.17, 15) is 0 Å². The summed E-state index contributed by atoms with van der Waals surface area (Å²) < 4.78 is 5.15. The fourth-order valence-corrected chi connectivity index (χ4v) is 1.14. The van der Waals surface area contributed by atoms with Crippen molar-refractivity contribution in [2.45, 2.75) is 6.92 Å². The van der Waals surface area contributed by atoms with E-state index in [1.807, 2.05) is 19.1 Å². The minimum absolute atomic E-state index is 0.167. The number of hydrogen-bond acceptors (Lipinski definition) is 4. The number of oxazole rings is 1. The monoisotopic (exact) mass is 175 g/mol. The van der Waals surface area contributed by atoms with Gasteiger partial charge in [-0.05, 0) is 18.6 Å². The second kappa shape index (κ2) is 2.90. The van der Waals surface area contributed by atoms with Gasteiger partial charge in [0, 0.05) is 6.20 Å². The van der Waals surface area contributed by atoms with E-state index in [-0.39, 0.29) is 6.01 Å². The summed E-state index contributed by atoms with van der Waals surface area (Å²) in [6.07, 6.45) is 3.28. The molecule has 0 amide bonds. The lowest BCUT2D eigenvalue weighted by Gasteiger charge is -1.98. The molecule has 2 heterocycles. The van der Waals surface area contributed by atoms with Crippen molar-refractivity contribution in [2.24, 2.45) is 0 Å². The van der Waals surface area contributed by atoms with Gasteiger partial charge in [-0.1, -0.05) is 6.07 Å². The minimum Gasteiger partial charge on any atom is -0.422 e. The van der Waals surface area contributed by atoms with Crippen LogP contribution < -0.4 is 5.73 Å². The summed E-state index contributed by atoms with van der Waals surface area (Å²) in [5, 5.41) is 0. The highest BCUT2D eigenvalue weighted by Crippen LogP contribution is 2.21. The van der Waals surface area contributed by atoms with Gasteiger partial charge in [0.25, 0.3) is 6.01 Å². The zero-order chi connectivity index (χ0) is 9.26. The topological polar surface area (TPSA) is 64.9 Å². The molecule has 0 saturated heterocycles. The molecule has 13 heavy (non-hydrogen) atoms. The maximum atomic E-state index is 5.36. The average Bonchev–Trinajstić information content (AvgIpc) is 2.53. The van der Waals surface area contributed by atoms with Crippen LogP contribution >= 0.6 is 0 Å². The molecule has 0 unspecified atom stereocenters. The molecule has 2 aromatic heterocycles. The molecule has 0 radical (unpaired) electrons. The van der Waals surface area contributed by atoms with Crippen molar-refractivity contribution in [3.8, 4) is 11.5 Å². The van der Waals surface area contributed by atoms with E-state index in [1.165, 1.54) is 0 Å². The number of pyridine rings is 1. The summed E-state index contributed by atoms with van der Waals surface area (Å²) in [4.78, 5) is 7.98. The predicted molar refractivity (Wildman–Crippen MR) is 48.9 cm³/mol. The summed E-state index contributed by atoms with van der Waals surface area (Å²) in [5.74, 6) is 0.607. The first-order chi connectivity index (χ1) is 6.27. The van der Waals surface area contributed by atoms with Crippen LogP contribution in [0.4, 0.5) is 6.01 Å².